The van der Waals surface area contributed by atoms with E-state index >= 15 is 0 Å². The molecule has 0 saturated carbocycles. The fourth-order valence-corrected chi connectivity index (χ4v) is 3.96. The van der Waals surface area contributed by atoms with Gasteiger partial charge in [-0.05, 0) is 26.0 Å². The number of morpholine rings is 2. The molecular weight excluding hydrogens is 368 g/mol. The van der Waals surface area contributed by atoms with E-state index in [4.69, 9.17) is 19.4 Å². The summed E-state index contributed by atoms with van der Waals surface area (Å²) < 4.78 is 13.3. The Labute approximate surface area is 170 Å². The van der Waals surface area contributed by atoms with Gasteiger partial charge >= 0.3 is 0 Å². The zero-order valence-corrected chi connectivity index (χ0v) is 16.9. The Kier molecular flexibility index (Phi) is 4.81. The van der Waals surface area contributed by atoms with E-state index in [9.17, 15) is 0 Å². The number of benzene rings is 1. The highest BCUT2D eigenvalue weighted by atomic mass is 16.5. The van der Waals surface area contributed by atoms with Gasteiger partial charge in [-0.3, -0.25) is 4.57 Å². The average molecular weight is 394 g/mol. The zero-order valence-electron chi connectivity index (χ0n) is 16.9. The number of imidazole rings is 1. The predicted octanol–water partition coefficient (Wildman–Crippen LogP) is 2.27. The van der Waals surface area contributed by atoms with Crippen molar-refractivity contribution in [1.29, 1.82) is 0 Å². The zero-order chi connectivity index (χ0) is 19.8. The van der Waals surface area contributed by atoms with Crippen LogP contribution >= 0.6 is 0 Å². The van der Waals surface area contributed by atoms with Crippen molar-refractivity contribution in [3.8, 4) is 5.95 Å². The van der Waals surface area contributed by atoms with E-state index in [1.807, 2.05) is 28.8 Å². The molecule has 0 N–H and O–H groups in total. The molecule has 8 nitrogen and oxygen atoms in total. The summed E-state index contributed by atoms with van der Waals surface area (Å²) in [6, 6.07) is 10.4. The SMILES string of the molecule is C[C@@H]1CO[C@@H](C)CN1c1cc(N2CCOCC2)nc(-n2cnc3ccccc32)n1. The van der Waals surface area contributed by atoms with Gasteiger partial charge in [-0.1, -0.05) is 12.1 Å². The molecule has 2 aromatic heterocycles. The smallest absolute Gasteiger partial charge is 0.239 e. The maximum Gasteiger partial charge on any atom is 0.239 e. The lowest BCUT2D eigenvalue weighted by atomic mass is 10.2. The van der Waals surface area contributed by atoms with E-state index < -0.39 is 0 Å². The monoisotopic (exact) mass is 394 g/mol. The van der Waals surface area contributed by atoms with Gasteiger partial charge in [0.15, 0.2) is 0 Å². The Hall–Kier alpha value is -2.71. The second kappa shape index (κ2) is 7.61. The van der Waals surface area contributed by atoms with Gasteiger partial charge in [-0.2, -0.15) is 9.97 Å². The van der Waals surface area contributed by atoms with Crippen molar-refractivity contribution in [3.05, 3.63) is 36.7 Å². The number of nitrogens with zero attached hydrogens (tertiary/aromatic N) is 6. The number of anilines is 2. The average Bonchev–Trinajstić information content (AvgIpc) is 3.20. The Morgan fingerprint density at radius 3 is 2.69 bits per heavy atom. The lowest BCUT2D eigenvalue weighted by Gasteiger charge is -2.38. The number of rotatable bonds is 3. The molecule has 2 aliphatic heterocycles. The molecule has 1 aromatic carbocycles. The molecule has 3 aromatic rings. The standard InChI is InChI=1S/C21H26N6O2/c1-15-13-29-16(2)12-26(15)20-11-19(25-7-9-28-10-8-25)23-21(24-20)27-14-22-17-5-3-4-6-18(17)27/h3-6,11,14-16H,7-10,12-13H2,1-2H3/t15-,16+/m1/s1. The van der Waals surface area contributed by atoms with Crippen LogP contribution in [0.1, 0.15) is 13.8 Å². The summed E-state index contributed by atoms with van der Waals surface area (Å²) >= 11 is 0. The first-order valence-electron chi connectivity index (χ1n) is 10.2. The molecule has 4 heterocycles. The molecule has 0 bridgehead atoms. The van der Waals surface area contributed by atoms with Crippen LogP contribution in [0.25, 0.3) is 17.0 Å². The van der Waals surface area contributed by atoms with Crippen molar-refractivity contribution >= 4 is 22.7 Å². The van der Waals surface area contributed by atoms with Crippen LogP contribution in [0.5, 0.6) is 0 Å². The van der Waals surface area contributed by atoms with Crippen LogP contribution in [0.4, 0.5) is 11.6 Å². The van der Waals surface area contributed by atoms with Gasteiger partial charge in [0.2, 0.25) is 5.95 Å². The quantitative estimate of drug-likeness (QED) is 0.675. The molecule has 5 rings (SSSR count). The summed E-state index contributed by atoms with van der Waals surface area (Å²) in [4.78, 5) is 19.0. The van der Waals surface area contributed by atoms with Crippen molar-refractivity contribution in [2.45, 2.75) is 26.0 Å². The van der Waals surface area contributed by atoms with Gasteiger partial charge in [0.05, 0.1) is 43.0 Å². The van der Waals surface area contributed by atoms with E-state index in [2.05, 4.69) is 34.7 Å². The molecule has 2 saturated heterocycles. The third-order valence-corrected chi connectivity index (χ3v) is 5.59. The Bertz CT molecular complexity index is 1000. The molecule has 0 spiro atoms. The Morgan fingerprint density at radius 2 is 1.83 bits per heavy atom. The summed E-state index contributed by atoms with van der Waals surface area (Å²) in [6.07, 6.45) is 1.98. The number of ether oxygens (including phenoxy) is 2. The van der Waals surface area contributed by atoms with E-state index in [-0.39, 0.29) is 12.1 Å². The highest BCUT2D eigenvalue weighted by molar-refractivity contribution is 5.76. The van der Waals surface area contributed by atoms with Crippen molar-refractivity contribution in [2.75, 3.05) is 49.3 Å². The van der Waals surface area contributed by atoms with Gasteiger partial charge in [-0.25, -0.2) is 4.98 Å². The molecule has 2 atom stereocenters. The minimum absolute atomic E-state index is 0.172. The maximum atomic E-state index is 5.82. The number of hydrogen-bond acceptors (Lipinski definition) is 7. The molecular formula is C21H26N6O2. The molecule has 0 aliphatic carbocycles. The largest absolute Gasteiger partial charge is 0.378 e. The van der Waals surface area contributed by atoms with Gasteiger partial charge < -0.3 is 19.3 Å². The van der Waals surface area contributed by atoms with E-state index in [1.54, 1.807) is 6.33 Å². The second-order valence-electron chi connectivity index (χ2n) is 7.73. The highest BCUT2D eigenvalue weighted by Gasteiger charge is 2.27. The third-order valence-electron chi connectivity index (χ3n) is 5.59. The van der Waals surface area contributed by atoms with Crippen LogP contribution in [0, 0.1) is 0 Å². The first-order chi connectivity index (χ1) is 14.2. The van der Waals surface area contributed by atoms with Crippen LogP contribution < -0.4 is 9.80 Å². The summed E-state index contributed by atoms with van der Waals surface area (Å²) in [5.74, 6) is 2.50. The van der Waals surface area contributed by atoms with E-state index in [1.165, 1.54) is 0 Å². The van der Waals surface area contributed by atoms with Gasteiger partial charge in [-0.15, -0.1) is 0 Å². The molecule has 2 fully saturated rings. The fraction of sp³-hybridized carbons (Fsp3) is 0.476. The number of fused-ring (bicyclic) bond motifs is 1. The van der Waals surface area contributed by atoms with Crippen LogP contribution in [-0.2, 0) is 9.47 Å². The van der Waals surface area contributed by atoms with Crippen LogP contribution in [0.3, 0.4) is 0 Å². The summed E-state index contributed by atoms with van der Waals surface area (Å²) in [6.45, 7) is 8.88. The van der Waals surface area contributed by atoms with Gasteiger partial charge in [0.1, 0.15) is 18.0 Å². The molecule has 152 valence electrons. The lowest BCUT2D eigenvalue weighted by molar-refractivity contribution is 0.0340. The van der Waals surface area contributed by atoms with Gasteiger partial charge in [0.25, 0.3) is 0 Å². The molecule has 0 radical (unpaired) electrons. The lowest BCUT2D eigenvalue weighted by Crippen LogP contribution is -2.48. The molecule has 29 heavy (non-hydrogen) atoms. The summed E-state index contributed by atoms with van der Waals surface area (Å²) in [5, 5.41) is 0. The minimum atomic E-state index is 0.172. The van der Waals surface area contributed by atoms with Crippen LogP contribution in [0.15, 0.2) is 36.7 Å². The van der Waals surface area contributed by atoms with Crippen LogP contribution in [-0.4, -0.2) is 71.1 Å². The van der Waals surface area contributed by atoms with Gasteiger partial charge in [0, 0.05) is 25.7 Å². The Balaban J connectivity index is 1.61. The number of aromatic nitrogens is 4. The van der Waals surface area contributed by atoms with Crippen molar-refractivity contribution < 1.29 is 9.47 Å². The maximum absolute atomic E-state index is 5.82. The topological polar surface area (TPSA) is 68.5 Å². The van der Waals surface area contributed by atoms with Crippen molar-refractivity contribution in [1.82, 2.24) is 19.5 Å². The third kappa shape index (κ3) is 3.54. The number of para-hydroxylation sites is 2. The highest BCUT2D eigenvalue weighted by Crippen LogP contribution is 2.27. The first-order valence-corrected chi connectivity index (χ1v) is 10.2. The molecule has 2 aliphatic rings. The van der Waals surface area contributed by atoms with E-state index in [0.717, 1.165) is 42.3 Å². The fourth-order valence-electron chi connectivity index (χ4n) is 3.96. The Morgan fingerprint density at radius 1 is 1.03 bits per heavy atom. The van der Waals surface area contributed by atoms with Crippen molar-refractivity contribution in [2.24, 2.45) is 0 Å². The molecule has 0 unspecified atom stereocenters. The second-order valence-corrected chi connectivity index (χ2v) is 7.73. The van der Waals surface area contributed by atoms with Crippen LogP contribution in [0.2, 0.25) is 0 Å². The van der Waals surface area contributed by atoms with Crippen molar-refractivity contribution in [3.63, 3.8) is 0 Å². The number of hydrogen-bond donors (Lipinski definition) is 0. The van der Waals surface area contributed by atoms with E-state index in [0.29, 0.717) is 25.8 Å². The normalized spacial score (nSPS) is 23.0. The first kappa shape index (κ1) is 18.3. The summed E-state index contributed by atoms with van der Waals surface area (Å²) in [5.41, 5.74) is 1.93. The minimum Gasteiger partial charge on any atom is -0.378 e. The predicted molar refractivity (Wildman–Crippen MR) is 112 cm³/mol. The molecule has 8 heteroatoms. The summed E-state index contributed by atoms with van der Waals surface area (Å²) in [7, 11) is 0. The molecule has 0 amide bonds.